The van der Waals surface area contributed by atoms with Crippen molar-refractivity contribution in [3.8, 4) is 11.5 Å². The van der Waals surface area contributed by atoms with E-state index >= 15 is 0 Å². The van der Waals surface area contributed by atoms with E-state index in [4.69, 9.17) is 46.4 Å². The summed E-state index contributed by atoms with van der Waals surface area (Å²) in [5, 5.41) is 20.0. The summed E-state index contributed by atoms with van der Waals surface area (Å²) in [4.78, 5) is 0. The maximum Gasteiger partial charge on any atom is 0.283 e. The summed E-state index contributed by atoms with van der Waals surface area (Å²) in [6.45, 7) is 0. The van der Waals surface area contributed by atoms with Crippen molar-refractivity contribution >= 4 is 56.5 Å². The van der Waals surface area contributed by atoms with Crippen LogP contribution in [0.25, 0.3) is 0 Å². The molecule has 0 heterocycles. The predicted molar refractivity (Wildman–Crippen MR) is 114 cm³/mol. The molecule has 3 rings (SSSR count). The highest BCUT2D eigenvalue weighted by Crippen LogP contribution is 2.50. The fraction of sp³-hybridized carbons (Fsp3) is 0.0526. The summed E-state index contributed by atoms with van der Waals surface area (Å²) in [7, 11) is -5.07. The second kappa shape index (κ2) is 7.87. The molecule has 0 saturated heterocycles. The number of aromatic hydroxyl groups is 2. The normalized spacial score (nSPS) is 13.8. The van der Waals surface area contributed by atoms with Crippen LogP contribution in [-0.2, 0) is 14.9 Å². The zero-order valence-corrected chi connectivity index (χ0v) is 18.1. The zero-order chi connectivity index (χ0) is 21.6. The monoisotopic (exact) mass is 492 g/mol. The molecule has 0 aliphatic heterocycles. The van der Waals surface area contributed by atoms with Gasteiger partial charge in [-0.25, -0.2) is 0 Å². The van der Waals surface area contributed by atoms with E-state index in [1.54, 1.807) is 0 Å². The SMILES string of the molecule is O=S(=O)(O)C(c1cccc(O)c1)(c1ccc(Cl)cc1Cl)c1cc(O)c(Cl)cc1Cl. The lowest BCUT2D eigenvalue weighted by molar-refractivity contribution is 0.455. The highest BCUT2D eigenvalue weighted by molar-refractivity contribution is 7.87. The summed E-state index contributed by atoms with van der Waals surface area (Å²) in [6, 6.07) is 11.4. The average molecular weight is 494 g/mol. The Morgan fingerprint density at radius 3 is 2.00 bits per heavy atom. The van der Waals surface area contributed by atoms with Gasteiger partial charge in [0.1, 0.15) is 11.5 Å². The quantitative estimate of drug-likeness (QED) is 0.311. The van der Waals surface area contributed by atoms with Crippen molar-refractivity contribution in [1.29, 1.82) is 0 Å². The van der Waals surface area contributed by atoms with Crippen molar-refractivity contribution in [3.05, 3.63) is 91.4 Å². The lowest BCUT2D eigenvalue weighted by Gasteiger charge is -2.34. The molecular weight excluding hydrogens is 482 g/mol. The second-order valence-corrected chi connectivity index (χ2v) is 9.33. The highest BCUT2D eigenvalue weighted by atomic mass is 35.5. The topological polar surface area (TPSA) is 94.8 Å². The molecule has 3 aromatic rings. The van der Waals surface area contributed by atoms with Gasteiger partial charge in [0.05, 0.1) is 5.02 Å². The van der Waals surface area contributed by atoms with Crippen molar-refractivity contribution in [3.63, 3.8) is 0 Å². The minimum absolute atomic E-state index is 0.0761. The van der Waals surface area contributed by atoms with Crippen LogP contribution in [0.2, 0.25) is 20.1 Å². The zero-order valence-electron chi connectivity index (χ0n) is 14.3. The van der Waals surface area contributed by atoms with Crippen molar-refractivity contribution in [1.82, 2.24) is 0 Å². The molecule has 152 valence electrons. The van der Waals surface area contributed by atoms with Gasteiger partial charge in [-0.15, -0.1) is 0 Å². The molecule has 0 saturated carbocycles. The van der Waals surface area contributed by atoms with Crippen LogP contribution in [0.5, 0.6) is 11.5 Å². The molecule has 0 bridgehead atoms. The van der Waals surface area contributed by atoms with Gasteiger partial charge in [0.2, 0.25) is 0 Å². The third-order valence-corrected chi connectivity index (χ3v) is 6.98. The van der Waals surface area contributed by atoms with E-state index in [1.807, 2.05) is 0 Å². The Morgan fingerprint density at radius 1 is 0.759 bits per heavy atom. The Bertz CT molecular complexity index is 1210. The molecule has 3 N–H and O–H groups in total. The van der Waals surface area contributed by atoms with Crippen molar-refractivity contribution in [2.45, 2.75) is 4.75 Å². The van der Waals surface area contributed by atoms with Crippen molar-refractivity contribution in [2.24, 2.45) is 0 Å². The first kappa shape index (κ1) is 22.0. The van der Waals surface area contributed by atoms with Crippen molar-refractivity contribution < 1.29 is 23.2 Å². The minimum Gasteiger partial charge on any atom is -0.508 e. The third kappa shape index (κ3) is 3.77. The summed E-state index contributed by atoms with van der Waals surface area (Å²) in [5.74, 6) is -0.737. The van der Waals surface area contributed by atoms with Gasteiger partial charge in [-0.05, 0) is 42.0 Å². The van der Waals surface area contributed by atoms with E-state index in [-0.39, 0.29) is 42.5 Å². The molecule has 10 heteroatoms. The van der Waals surface area contributed by atoms with Gasteiger partial charge in [0.25, 0.3) is 10.1 Å². The molecule has 0 spiro atoms. The molecule has 0 aliphatic carbocycles. The lowest BCUT2D eigenvalue weighted by atomic mass is 9.83. The van der Waals surface area contributed by atoms with Crippen LogP contribution >= 0.6 is 46.4 Å². The van der Waals surface area contributed by atoms with Gasteiger partial charge in [-0.2, -0.15) is 8.42 Å². The molecular formula is C19H12Cl4O5S. The van der Waals surface area contributed by atoms with Crippen LogP contribution in [-0.4, -0.2) is 23.2 Å². The Balaban J connectivity index is 2.61. The van der Waals surface area contributed by atoms with Crippen LogP contribution in [0, 0.1) is 0 Å². The standard InChI is InChI=1S/C19H12Cl4O5S/c20-11-4-5-13(15(21)7-11)19(29(26,27)28,10-2-1-3-12(24)6-10)14-8-18(25)17(23)9-16(14)22/h1-9,24-25H,(H,26,27,28). The molecule has 1 atom stereocenters. The van der Waals surface area contributed by atoms with E-state index < -0.39 is 20.6 Å². The van der Waals surface area contributed by atoms with Gasteiger partial charge in [0.15, 0.2) is 4.75 Å². The van der Waals surface area contributed by atoms with E-state index in [9.17, 15) is 23.2 Å². The van der Waals surface area contributed by atoms with Crippen LogP contribution < -0.4 is 0 Å². The first-order valence-electron chi connectivity index (χ1n) is 7.89. The number of halogens is 4. The van der Waals surface area contributed by atoms with E-state index in [0.29, 0.717) is 0 Å². The summed E-state index contributed by atoms with van der Waals surface area (Å²) >= 11 is 24.5. The van der Waals surface area contributed by atoms with E-state index in [2.05, 4.69) is 0 Å². The number of benzene rings is 3. The number of hydrogen-bond donors (Lipinski definition) is 3. The molecule has 0 aromatic heterocycles. The Kier molecular flexibility index (Phi) is 5.98. The summed E-state index contributed by atoms with van der Waals surface area (Å²) in [5.41, 5.74) is -0.397. The Labute approximate surface area is 186 Å². The van der Waals surface area contributed by atoms with Gasteiger partial charge >= 0.3 is 0 Å². The maximum atomic E-state index is 13.0. The van der Waals surface area contributed by atoms with Gasteiger partial charge in [-0.1, -0.05) is 64.6 Å². The molecule has 3 aromatic carbocycles. The van der Waals surface area contributed by atoms with Crippen LogP contribution in [0.3, 0.4) is 0 Å². The smallest absolute Gasteiger partial charge is 0.283 e. The largest absolute Gasteiger partial charge is 0.508 e. The average Bonchev–Trinajstić information content (AvgIpc) is 2.60. The molecule has 5 nitrogen and oxygen atoms in total. The summed E-state index contributed by atoms with van der Waals surface area (Å²) < 4.78 is 34.0. The fourth-order valence-corrected chi connectivity index (χ4v) is 5.70. The highest BCUT2D eigenvalue weighted by Gasteiger charge is 2.51. The number of rotatable bonds is 4. The first-order valence-corrected chi connectivity index (χ1v) is 10.8. The third-order valence-electron chi connectivity index (χ3n) is 4.37. The molecule has 29 heavy (non-hydrogen) atoms. The lowest BCUT2D eigenvalue weighted by Crippen LogP contribution is -2.38. The van der Waals surface area contributed by atoms with Crippen molar-refractivity contribution in [2.75, 3.05) is 0 Å². The van der Waals surface area contributed by atoms with Gasteiger partial charge < -0.3 is 10.2 Å². The Morgan fingerprint density at radius 2 is 1.41 bits per heavy atom. The number of phenols is 2. The summed E-state index contributed by atoms with van der Waals surface area (Å²) in [6.07, 6.45) is 0. The first-order chi connectivity index (χ1) is 13.5. The fourth-order valence-electron chi connectivity index (χ4n) is 3.19. The van der Waals surface area contributed by atoms with Gasteiger partial charge in [-0.3, -0.25) is 4.55 Å². The van der Waals surface area contributed by atoms with Crippen LogP contribution in [0.1, 0.15) is 16.7 Å². The van der Waals surface area contributed by atoms with Crippen LogP contribution in [0.4, 0.5) is 0 Å². The van der Waals surface area contributed by atoms with Crippen LogP contribution in [0.15, 0.2) is 54.6 Å². The molecule has 0 amide bonds. The number of phenolic OH excluding ortho intramolecular Hbond substituents is 2. The predicted octanol–water partition coefficient (Wildman–Crippen LogP) is 5.89. The Hall–Kier alpha value is -1.67. The van der Waals surface area contributed by atoms with Gasteiger partial charge in [0, 0.05) is 26.2 Å². The van der Waals surface area contributed by atoms with E-state index in [1.165, 1.54) is 36.4 Å². The maximum absolute atomic E-state index is 13.0. The molecule has 0 radical (unpaired) electrons. The second-order valence-electron chi connectivity index (χ2n) is 6.11. The molecule has 1 unspecified atom stereocenters. The van der Waals surface area contributed by atoms with E-state index in [0.717, 1.165) is 18.2 Å². The molecule has 0 aliphatic rings. The minimum atomic E-state index is -5.07. The number of hydrogen-bond acceptors (Lipinski definition) is 4. The molecule has 0 fully saturated rings.